The number of hydrogen-bond donors (Lipinski definition) is 1. The largest absolute Gasteiger partial charge is 0.324 e. The van der Waals surface area contributed by atoms with E-state index in [4.69, 9.17) is 5.73 Å². The molecule has 0 aliphatic rings. The first-order valence-corrected chi connectivity index (χ1v) is 6.26. The van der Waals surface area contributed by atoms with Crippen molar-refractivity contribution in [3.05, 3.63) is 33.8 Å². The predicted octanol–water partition coefficient (Wildman–Crippen LogP) is 4.31. The van der Waals surface area contributed by atoms with Crippen LogP contribution in [0.3, 0.4) is 0 Å². The summed E-state index contributed by atoms with van der Waals surface area (Å²) in [5.74, 6) is -1.14. The highest BCUT2D eigenvalue weighted by Crippen LogP contribution is 2.28. The van der Waals surface area contributed by atoms with Crippen molar-refractivity contribution in [2.24, 2.45) is 5.73 Å². The Hall–Kier alpha value is -0.480. The first kappa shape index (κ1) is 13.6. The summed E-state index contributed by atoms with van der Waals surface area (Å²) in [5.41, 5.74) is 5.80. The third-order valence-electron chi connectivity index (χ3n) is 2.57. The topological polar surface area (TPSA) is 26.0 Å². The third kappa shape index (κ3) is 3.25. The summed E-state index contributed by atoms with van der Waals surface area (Å²) in [6, 6.07) is 2.03. The highest BCUT2D eigenvalue weighted by atomic mass is 79.9. The average molecular weight is 292 g/mol. The Bertz CT molecular complexity index is 355. The van der Waals surface area contributed by atoms with E-state index in [2.05, 4.69) is 22.9 Å². The van der Waals surface area contributed by atoms with Gasteiger partial charge in [-0.3, -0.25) is 0 Å². The van der Waals surface area contributed by atoms with Crippen LogP contribution in [0.25, 0.3) is 0 Å². The third-order valence-corrected chi connectivity index (χ3v) is 3.18. The summed E-state index contributed by atoms with van der Waals surface area (Å²) in [7, 11) is 0. The van der Waals surface area contributed by atoms with Gasteiger partial charge in [0.2, 0.25) is 0 Å². The molecular weight excluding hydrogens is 276 g/mol. The van der Waals surface area contributed by atoms with Crippen molar-refractivity contribution in [1.29, 1.82) is 0 Å². The number of unbranched alkanes of at least 4 members (excludes halogenated alkanes) is 2. The molecule has 1 aromatic carbocycles. The lowest BCUT2D eigenvalue weighted by atomic mass is 10.0. The molecule has 1 rings (SSSR count). The molecule has 0 saturated carbocycles. The Balaban J connectivity index is 2.81. The smallest absolute Gasteiger partial charge is 0.145 e. The van der Waals surface area contributed by atoms with Gasteiger partial charge in [-0.25, -0.2) is 8.78 Å². The molecule has 1 atom stereocenters. The van der Waals surface area contributed by atoms with Crippen molar-refractivity contribution < 1.29 is 8.78 Å². The van der Waals surface area contributed by atoms with Crippen molar-refractivity contribution in [3.63, 3.8) is 0 Å². The van der Waals surface area contributed by atoms with Gasteiger partial charge in [0.1, 0.15) is 11.6 Å². The number of benzene rings is 1. The minimum absolute atomic E-state index is 0.00882. The second-order valence-electron chi connectivity index (χ2n) is 3.86. The van der Waals surface area contributed by atoms with Gasteiger partial charge in [-0.2, -0.15) is 0 Å². The summed E-state index contributed by atoms with van der Waals surface area (Å²) in [5, 5.41) is 0. The molecule has 2 N–H and O–H groups in total. The zero-order chi connectivity index (χ0) is 12.1. The van der Waals surface area contributed by atoms with Gasteiger partial charge in [-0.1, -0.05) is 26.2 Å². The molecule has 0 radical (unpaired) electrons. The van der Waals surface area contributed by atoms with Crippen LogP contribution in [0.2, 0.25) is 0 Å². The molecule has 0 aliphatic heterocycles. The van der Waals surface area contributed by atoms with E-state index >= 15 is 0 Å². The van der Waals surface area contributed by atoms with E-state index in [1.165, 1.54) is 12.1 Å². The van der Waals surface area contributed by atoms with Gasteiger partial charge in [-0.05, 0) is 34.5 Å². The van der Waals surface area contributed by atoms with Crippen molar-refractivity contribution >= 4 is 15.9 Å². The Morgan fingerprint density at radius 2 is 2.00 bits per heavy atom. The van der Waals surface area contributed by atoms with Gasteiger partial charge < -0.3 is 5.73 Å². The van der Waals surface area contributed by atoms with Crippen LogP contribution in [0.5, 0.6) is 0 Å². The fourth-order valence-corrected chi connectivity index (χ4v) is 1.99. The molecule has 0 bridgehead atoms. The van der Waals surface area contributed by atoms with Crippen LogP contribution in [0.4, 0.5) is 8.78 Å². The van der Waals surface area contributed by atoms with Crippen LogP contribution < -0.4 is 5.73 Å². The van der Waals surface area contributed by atoms with Crippen molar-refractivity contribution in [3.8, 4) is 0 Å². The van der Waals surface area contributed by atoms with E-state index in [9.17, 15) is 8.78 Å². The summed E-state index contributed by atoms with van der Waals surface area (Å²) in [4.78, 5) is 0. The minimum atomic E-state index is -0.580. The van der Waals surface area contributed by atoms with Crippen molar-refractivity contribution in [1.82, 2.24) is 0 Å². The van der Waals surface area contributed by atoms with E-state index in [1.807, 2.05) is 0 Å². The van der Waals surface area contributed by atoms with E-state index in [0.717, 1.165) is 19.3 Å². The number of hydrogen-bond acceptors (Lipinski definition) is 1. The lowest BCUT2D eigenvalue weighted by Gasteiger charge is -2.14. The molecule has 4 heteroatoms. The van der Waals surface area contributed by atoms with E-state index in [1.54, 1.807) is 0 Å². The minimum Gasteiger partial charge on any atom is -0.324 e. The highest BCUT2D eigenvalue weighted by molar-refractivity contribution is 9.10. The molecule has 1 aromatic rings. The van der Waals surface area contributed by atoms with Gasteiger partial charge in [0, 0.05) is 11.6 Å². The molecule has 0 heterocycles. The summed E-state index contributed by atoms with van der Waals surface area (Å²) in [6.45, 7) is 2.08. The van der Waals surface area contributed by atoms with Gasteiger partial charge in [0.15, 0.2) is 0 Å². The Kier molecular flexibility index (Phi) is 5.35. The molecule has 1 nitrogen and oxygen atoms in total. The molecule has 0 spiro atoms. The lowest BCUT2D eigenvalue weighted by molar-refractivity contribution is 0.495. The van der Waals surface area contributed by atoms with Gasteiger partial charge in [-0.15, -0.1) is 0 Å². The van der Waals surface area contributed by atoms with Crippen LogP contribution in [-0.4, -0.2) is 0 Å². The number of nitrogens with two attached hydrogens (primary N) is 1. The van der Waals surface area contributed by atoms with Crippen LogP contribution in [0, 0.1) is 11.6 Å². The SMILES string of the molecule is CCCCCC(N)c1c(F)ccc(Br)c1F. The standard InChI is InChI=1S/C12H16BrF2N/c1-2-3-4-5-10(16)11-9(14)7-6-8(13)12(11)15/h6-7,10H,2-5,16H2,1H3. The summed E-state index contributed by atoms with van der Waals surface area (Å²) < 4.78 is 27.4. The Labute approximate surface area is 103 Å². The Morgan fingerprint density at radius 1 is 1.31 bits per heavy atom. The van der Waals surface area contributed by atoms with E-state index in [-0.39, 0.29) is 10.0 Å². The second-order valence-corrected chi connectivity index (χ2v) is 4.71. The molecule has 90 valence electrons. The Morgan fingerprint density at radius 3 is 2.62 bits per heavy atom. The fraction of sp³-hybridized carbons (Fsp3) is 0.500. The maximum Gasteiger partial charge on any atom is 0.145 e. The quantitative estimate of drug-likeness (QED) is 0.635. The monoisotopic (exact) mass is 291 g/mol. The van der Waals surface area contributed by atoms with Crippen LogP contribution in [-0.2, 0) is 0 Å². The van der Waals surface area contributed by atoms with Crippen LogP contribution in [0.1, 0.15) is 44.2 Å². The molecule has 0 fully saturated rings. The maximum atomic E-state index is 13.7. The number of rotatable bonds is 5. The molecule has 1 unspecified atom stereocenters. The molecule has 0 aliphatic carbocycles. The molecule has 0 saturated heterocycles. The first-order valence-electron chi connectivity index (χ1n) is 5.46. The summed E-state index contributed by atoms with van der Waals surface area (Å²) in [6.07, 6.45) is 3.60. The maximum absolute atomic E-state index is 13.7. The molecule has 16 heavy (non-hydrogen) atoms. The molecular formula is C12H16BrF2N. The van der Waals surface area contributed by atoms with Crippen LogP contribution >= 0.6 is 15.9 Å². The van der Waals surface area contributed by atoms with Gasteiger partial charge >= 0.3 is 0 Å². The molecule has 0 aromatic heterocycles. The van der Waals surface area contributed by atoms with Gasteiger partial charge in [0.25, 0.3) is 0 Å². The van der Waals surface area contributed by atoms with Gasteiger partial charge in [0.05, 0.1) is 4.47 Å². The zero-order valence-corrected chi connectivity index (χ0v) is 10.9. The van der Waals surface area contributed by atoms with Crippen molar-refractivity contribution in [2.45, 2.75) is 38.6 Å². The average Bonchev–Trinajstić information content (AvgIpc) is 2.24. The summed E-state index contributed by atoms with van der Waals surface area (Å²) >= 11 is 3.03. The van der Waals surface area contributed by atoms with Crippen LogP contribution in [0.15, 0.2) is 16.6 Å². The normalized spacial score (nSPS) is 12.8. The molecule has 0 amide bonds. The second kappa shape index (κ2) is 6.30. The fourth-order valence-electron chi connectivity index (χ4n) is 1.64. The number of halogens is 3. The predicted molar refractivity (Wildman–Crippen MR) is 65.1 cm³/mol. The highest BCUT2D eigenvalue weighted by Gasteiger charge is 2.18. The van der Waals surface area contributed by atoms with E-state index < -0.39 is 17.7 Å². The van der Waals surface area contributed by atoms with Crippen molar-refractivity contribution in [2.75, 3.05) is 0 Å². The zero-order valence-electron chi connectivity index (χ0n) is 9.27. The first-order chi connectivity index (χ1) is 7.57. The van der Waals surface area contributed by atoms with E-state index in [0.29, 0.717) is 6.42 Å². The lowest BCUT2D eigenvalue weighted by Crippen LogP contribution is -2.14.